The molecule has 0 aromatic heterocycles. The van der Waals surface area contributed by atoms with E-state index in [4.69, 9.17) is 9.47 Å². The average Bonchev–Trinajstić information content (AvgIpc) is 3.03. The van der Waals surface area contributed by atoms with Crippen molar-refractivity contribution in [2.24, 2.45) is 5.92 Å². The van der Waals surface area contributed by atoms with Crippen LogP contribution in [0.25, 0.3) is 0 Å². The lowest BCUT2D eigenvalue weighted by molar-refractivity contribution is -0.126. The summed E-state index contributed by atoms with van der Waals surface area (Å²) >= 11 is 0. The van der Waals surface area contributed by atoms with E-state index >= 15 is 0 Å². The fourth-order valence-electron chi connectivity index (χ4n) is 5.42. The van der Waals surface area contributed by atoms with Crippen LogP contribution in [0.5, 0.6) is 11.5 Å². The van der Waals surface area contributed by atoms with E-state index in [1.165, 1.54) is 12.1 Å². The number of anilines is 1. The summed E-state index contributed by atoms with van der Waals surface area (Å²) in [5, 5.41) is 3.10. The number of halogens is 1. The van der Waals surface area contributed by atoms with E-state index in [-0.39, 0.29) is 17.6 Å². The minimum atomic E-state index is -0.968. The van der Waals surface area contributed by atoms with Crippen molar-refractivity contribution >= 4 is 11.6 Å². The van der Waals surface area contributed by atoms with Gasteiger partial charge in [0, 0.05) is 23.2 Å². The Hall–Kier alpha value is -3.34. The molecular formula is C27H26FNO3. The Bertz CT molecular complexity index is 1210. The third-order valence-corrected chi connectivity index (χ3v) is 6.71. The molecule has 164 valence electrons. The second-order valence-electron chi connectivity index (χ2n) is 8.99. The lowest BCUT2D eigenvalue weighted by atomic mass is 9.58. The van der Waals surface area contributed by atoms with E-state index in [1.54, 1.807) is 6.07 Å². The van der Waals surface area contributed by atoms with Gasteiger partial charge in [-0.2, -0.15) is 0 Å². The zero-order chi connectivity index (χ0) is 22.5. The Morgan fingerprint density at radius 1 is 1.03 bits per heavy atom. The quantitative estimate of drug-likeness (QED) is 0.594. The number of hydrogen-bond acceptors (Lipinski definition) is 3. The van der Waals surface area contributed by atoms with Crippen LogP contribution in [0.15, 0.2) is 66.7 Å². The standard InChI is InChI=1S/C27H26FNO3/c1-4-31-19-12-13-21-23(16-19)32-26(2,3)24(15-17-8-7-9-18(28)14-17)27(21)20-10-5-6-11-22(20)29-25(27)30/h5-14,16,24H,4,15H2,1-3H3,(H,29,30). The van der Waals surface area contributed by atoms with E-state index in [2.05, 4.69) is 5.32 Å². The smallest absolute Gasteiger partial charge is 0.240 e. The number of carbonyl (C=O) groups excluding carboxylic acids is 1. The van der Waals surface area contributed by atoms with Crippen molar-refractivity contribution in [2.75, 3.05) is 11.9 Å². The van der Waals surface area contributed by atoms with Crippen LogP contribution in [0, 0.1) is 11.7 Å². The Balaban J connectivity index is 1.76. The lowest BCUT2D eigenvalue weighted by Gasteiger charge is -2.50. The van der Waals surface area contributed by atoms with Gasteiger partial charge in [-0.25, -0.2) is 4.39 Å². The lowest BCUT2D eigenvalue weighted by Crippen LogP contribution is -2.58. The number of para-hydroxylation sites is 1. The summed E-state index contributed by atoms with van der Waals surface area (Å²) in [6.07, 6.45) is 0.485. The maximum absolute atomic E-state index is 14.0. The second-order valence-corrected chi connectivity index (χ2v) is 8.99. The summed E-state index contributed by atoms with van der Waals surface area (Å²) in [5.41, 5.74) is 1.69. The summed E-state index contributed by atoms with van der Waals surface area (Å²) < 4.78 is 26.2. The number of hydrogen-bond donors (Lipinski definition) is 1. The van der Waals surface area contributed by atoms with Crippen LogP contribution in [0.1, 0.15) is 37.5 Å². The van der Waals surface area contributed by atoms with Gasteiger partial charge in [-0.05, 0) is 62.6 Å². The molecule has 0 radical (unpaired) electrons. The predicted octanol–water partition coefficient (Wildman–Crippen LogP) is 5.49. The van der Waals surface area contributed by atoms with Crippen molar-refractivity contribution in [1.29, 1.82) is 0 Å². The Labute approximate surface area is 187 Å². The molecule has 1 amide bonds. The van der Waals surface area contributed by atoms with Gasteiger partial charge >= 0.3 is 0 Å². The van der Waals surface area contributed by atoms with E-state index < -0.39 is 11.0 Å². The highest BCUT2D eigenvalue weighted by atomic mass is 19.1. The Morgan fingerprint density at radius 3 is 2.62 bits per heavy atom. The summed E-state index contributed by atoms with van der Waals surface area (Å²) in [6, 6.07) is 20.1. The molecule has 2 atom stereocenters. The van der Waals surface area contributed by atoms with E-state index in [1.807, 2.05) is 69.3 Å². The molecule has 2 unspecified atom stereocenters. The molecule has 2 heterocycles. The van der Waals surface area contributed by atoms with Crippen LogP contribution in [-0.4, -0.2) is 18.1 Å². The molecule has 3 aromatic rings. The average molecular weight is 432 g/mol. The van der Waals surface area contributed by atoms with E-state index in [9.17, 15) is 9.18 Å². The first-order valence-electron chi connectivity index (χ1n) is 11.0. The van der Waals surface area contributed by atoms with Gasteiger partial charge in [-0.15, -0.1) is 0 Å². The summed E-state index contributed by atoms with van der Waals surface area (Å²) in [6.45, 7) is 6.48. The van der Waals surface area contributed by atoms with Gasteiger partial charge in [0.25, 0.3) is 0 Å². The predicted molar refractivity (Wildman–Crippen MR) is 122 cm³/mol. The molecule has 32 heavy (non-hydrogen) atoms. The largest absolute Gasteiger partial charge is 0.494 e. The molecule has 1 N–H and O–H groups in total. The molecule has 2 aliphatic rings. The molecular weight excluding hydrogens is 405 g/mol. The van der Waals surface area contributed by atoms with Crippen LogP contribution in [0.2, 0.25) is 0 Å². The fourth-order valence-corrected chi connectivity index (χ4v) is 5.42. The molecule has 3 aromatic carbocycles. The molecule has 5 heteroatoms. The fraction of sp³-hybridized carbons (Fsp3) is 0.296. The van der Waals surface area contributed by atoms with Crippen molar-refractivity contribution in [1.82, 2.24) is 0 Å². The van der Waals surface area contributed by atoms with Gasteiger partial charge in [0.15, 0.2) is 0 Å². The number of ether oxygens (including phenoxy) is 2. The van der Waals surface area contributed by atoms with Crippen molar-refractivity contribution in [3.63, 3.8) is 0 Å². The van der Waals surface area contributed by atoms with Crippen LogP contribution < -0.4 is 14.8 Å². The van der Waals surface area contributed by atoms with Gasteiger partial charge in [-0.3, -0.25) is 4.79 Å². The Kier molecular flexibility index (Phi) is 4.73. The second kappa shape index (κ2) is 7.37. The SMILES string of the molecule is CCOc1ccc2c(c1)OC(C)(C)C(Cc1cccc(F)c1)C21C(=O)Nc2ccccc21. The number of fused-ring (bicyclic) bond motifs is 4. The van der Waals surface area contributed by atoms with Crippen LogP contribution in [0.3, 0.4) is 0 Å². The molecule has 5 rings (SSSR count). The van der Waals surface area contributed by atoms with Gasteiger partial charge in [0.2, 0.25) is 5.91 Å². The summed E-state index contributed by atoms with van der Waals surface area (Å²) in [7, 11) is 0. The summed E-state index contributed by atoms with van der Waals surface area (Å²) in [5.74, 6) is 0.702. The van der Waals surface area contributed by atoms with Crippen LogP contribution in [-0.2, 0) is 16.6 Å². The van der Waals surface area contributed by atoms with Crippen molar-refractivity contribution < 1.29 is 18.7 Å². The topological polar surface area (TPSA) is 47.6 Å². The zero-order valence-corrected chi connectivity index (χ0v) is 18.4. The maximum atomic E-state index is 14.0. The highest BCUT2D eigenvalue weighted by Gasteiger charge is 2.62. The Morgan fingerprint density at radius 2 is 1.84 bits per heavy atom. The van der Waals surface area contributed by atoms with Crippen molar-refractivity contribution in [3.8, 4) is 11.5 Å². The highest BCUT2D eigenvalue weighted by molar-refractivity contribution is 6.09. The normalized spacial score (nSPS) is 22.6. The highest BCUT2D eigenvalue weighted by Crippen LogP contribution is 2.58. The molecule has 4 nitrogen and oxygen atoms in total. The van der Waals surface area contributed by atoms with Gasteiger partial charge in [0.1, 0.15) is 28.3 Å². The number of carbonyl (C=O) groups is 1. The van der Waals surface area contributed by atoms with Gasteiger partial charge in [0.05, 0.1) is 6.61 Å². The third kappa shape index (κ3) is 2.99. The van der Waals surface area contributed by atoms with Gasteiger partial charge in [-0.1, -0.05) is 36.4 Å². The molecule has 0 fully saturated rings. The van der Waals surface area contributed by atoms with Crippen molar-refractivity contribution in [3.05, 3.63) is 89.2 Å². The third-order valence-electron chi connectivity index (χ3n) is 6.71. The van der Waals surface area contributed by atoms with E-state index in [0.29, 0.717) is 24.5 Å². The minimum absolute atomic E-state index is 0.0816. The van der Waals surface area contributed by atoms with Gasteiger partial charge < -0.3 is 14.8 Å². The van der Waals surface area contributed by atoms with E-state index in [0.717, 1.165) is 22.4 Å². The number of rotatable bonds is 4. The first-order chi connectivity index (χ1) is 15.4. The van der Waals surface area contributed by atoms with Crippen molar-refractivity contribution in [2.45, 2.75) is 38.2 Å². The first kappa shape index (κ1) is 20.6. The number of amides is 1. The monoisotopic (exact) mass is 431 g/mol. The number of nitrogens with one attached hydrogen (secondary N) is 1. The molecule has 0 aliphatic carbocycles. The molecule has 2 aliphatic heterocycles. The molecule has 0 saturated carbocycles. The van der Waals surface area contributed by atoms with Crippen LogP contribution >= 0.6 is 0 Å². The molecule has 1 spiro atoms. The van der Waals surface area contributed by atoms with Crippen LogP contribution in [0.4, 0.5) is 10.1 Å². The minimum Gasteiger partial charge on any atom is -0.494 e. The number of benzene rings is 3. The first-order valence-corrected chi connectivity index (χ1v) is 11.0. The molecule has 0 bridgehead atoms. The molecule has 0 saturated heterocycles. The maximum Gasteiger partial charge on any atom is 0.240 e. The zero-order valence-electron chi connectivity index (χ0n) is 18.4. The summed E-state index contributed by atoms with van der Waals surface area (Å²) in [4.78, 5) is 13.9.